The van der Waals surface area contributed by atoms with Crippen LogP contribution in [0.4, 0.5) is 5.00 Å². The number of thiophene rings is 1. The van der Waals surface area contributed by atoms with Crippen LogP contribution in [0, 0.1) is 6.92 Å². The summed E-state index contributed by atoms with van der Waals surface area (Å²) in [6, 6.07) is 10.3. The van der Waals surface area contributed by atoms with Crippen molar-refractivity contribution >= 4 is 45.9 Å². The van der Waals surface area contributed by atoms with Crippen LogP contribution in [-0.4, -0.2) is 44.9 Å². The molecule has 0 bridgehead atoms. The SMILES string of the molecule is C=CCn1c(SCC(=O)Nc2sc(C(N)=O)c(C)c2C(=O)OCC)nnc1C1CC1c1ccccc1. The Bertz CT molecular complexity index is 1300. The second-order valence-electron chi connectivity index (χ2n) is 8.28. The van der Waals surface area contributed by atoms with Gasteiger partial charge in [-0.05, 0) is 37.3 Å². The lowest BCUT2D eigenvalue weighted by atomic mass is 10.1. The number of nitrogens with two attached hydrogens (primary N) is 1. The molecule has 3 N–H and O–H groups in total. The number of benzene rings is 1. The van der Waals surface area contributed by atoms with Crippen molar-refractivity contribution in [1.82, 2.24) is 14.8 Å². The van der Waals surface area contributed by atoms with E-state index in [2.05, 4.69) is 34.2 Å². The van der Waals surface area contributed by atoms with E-state index in [-0.39, 0.29) is 39.6 Å². The molecule has 3 aromatic rings. The van der Waals surface area contributed by atoms with Crippen LogP contribution in [0.5, 0.6) is 0 Å². The van der Waals surface area contributed by atoms with Gasteiger partial charge < -0.3 is 20.4 Å². The van der Waals surface area contributed by atoms with Crippen LogP contribution >= 0.6 is 23.1 Å². The molecule has 0 radical (unpaired) electrons. The van der Waals surface area contributed by atoms with E-state index in [4.69, 9.17) is 10.5 Å². The van der Waals surface area contributed by atoms with E-state index >= 15 is 0 Å². The molecule has 2 heterocycles. The fraction of sp³-hybridized carbons (Fsp3) is 0.320. The number of ether oxygens (including phenoxy) is 1. The van der Waals surface area contributed by atoms with Crippen LogP contribution in [0.3, 0.4) is 0 Å². The largest absolute Gasteiger partial charge is 0.462 e. The molecule has 11 heteroatoms. The zero-order valence-corrected chi connectivity index (χ0v) is 21.7. The van der Waals surface area contributed by atoms with Crippen LogP contribution < -0.4 is 11.1 Å². The first kappa shape index (κ1) is 25.6. The maximum atomic E-state index is 12.8. The third kappa shape index (κ3) is 5.36. The Labute approximate surface area is 217 Å². The first-order chi connectivity index (χ1) is 17.3. The van der Waals surface area contributed by atoms with E-state index in [0.29, 0.717) is 23.2 Å². The molecule has 1 fully saturated rings. The van der Waals surface area contributed by atoms with Gasteiger partial charge in [0.25, 0.3) is 5.91 Å². The van der Waals surface area contributed by atoms with E-state index < -0.39 is 11.9 Å². The molecule has 36 heavy (non-hydrogen) atoms. The summed E-state index contributed by atoms with van der Waals surface area (Å²) in [5.74, 6) is -0.0409. The molecule has 1 saturated carbocycles. The molecule has 2 unspecified atom stereocenters. The Morgan fingerprint density at radius 1 is 1.28 bits per heavy atom. The lowest BCUT2D eigenvalue weighted by molar-refractivity contribution is -0.113. The van der Waals surface area contributed by atoms with E-state index in [9.17, 15) is 14.4 Å². The Morgan fingerprint density at radius 3 is 2.69 bits per heavy atom. The van der Waals surface area contributed by atoms with Crippen molar-refractivity contribution in [3.8, 4) is 0 Å². The average molecular weight is 526 g/mol. The van der Waals surface area contributed by atoms with Gasteiger partial charge in [-0.1, -0.05) is 48.2 Å². The van der Waals surface area contributed by atoms with E-state index in [1.807, 2.05) is 22.8 Å². The number of esters is 1. The monoisotopic (exact) mass is 525 g/mol. The van der Waals surface area contributed by atoms with E-state index in [0.717, 1.165) is 23.6 Å². The number of allylic oxidation sites excluding steroid dienone is 1. The molecule has 4 rings (SSSR count). The van der Waals surface area contributed by atoms with Crippen LogP contribution in [0.15, 0.2) is 48.1 Å². The summed E-state index contributed by atoms with van der Waals surface area (Å²) < 4.78 is 7.08. The Hall–Kier alpha value is -3.44. The summed E-state index contributed by atoms with van der Waals surface area (Å²) in [5, 5.41) is 12.3. The van der Waals surface area contributed by atoms with Gasteiger partial charge in [-0.15, -0.1) is 28.1 Å². The lowest BCUT2D eigenvalue weighted by Gasteiger charge is -2.09. The second-order valence-corrected chi connectivity index (χ2v) is 10.2. The Kier molecular flexibility index (Phi) is 7.90. The van der Waals surface area contributed by atoms with E-state index in [1.54, 1.807) is 19.9 Å². The summed E-state index contributed by atoms with van der Waals surface area (Å²) in [6.45, 7) is 7.83. The Morgan fingerprint density at radius 2 is 2.03 bits per heavy atom. The van der Waals surface area contributed by atoms with Crippen molar-refractivity contribution in [2.24, 2.45) is 5.73 Å². The van der Waals surface area contributed by atoms with Crippen LogP contribution in [-0.2, 0) is 16.1 Å². The van der Waals surface area contributed by atoms with Crippen molar-refractivity contribution in [2.45, 2.75) is 43.8 Å². The third-order valence-electron chi connectivity index (χ3n) is 5.84. The molecule has 9 nitrogen and oxygen atoms in total. The van der Waals surface area contributed by atoms with Gasteiger partial charge in [0, 0.05) is 12.5 Å². The minimum absolute atomic E-state index is 0.0349. The molecule has 188 valence electrons. The zero-order chi connectivity index (χ0) is 25.8. The van der Waals surface area contributed by atoms with Gasteiger partial charge in [-0.25, -0.2) is 4.79 Å². The fourth-order valence-electron chi connectivity index (χ4n) is 4.11. The number of primary amides is 1. The first-order valence-electron chi connectivity index (χ1n) is 11.5. The first-order valence-corrected chi connectivity index (χ1v) is 13.3. The molecule has 2 amide bonds. The third-order valence-corrected chi connectivity index (χ3v) is 8.03. The topological polar surface area (TPSA) is 129 Å². The number of anilines is 1. The summed E-state index contributed by atoms with van der Waals surface area (Å²) in [5.41, 5.74) is 7.25. The number of carbonyl (C=O) groups excluding carboxylic acids is 3. The van der Waals surface area contributed by atoms with Crippen LogP contribution in [0.1, 0.15) is 62.2 Å². The number of nitrogens with one attached hydrogen (secondary N) is 1. The highest BCUT2D eigenvalue weighted by molar-refractivity contribution is 7.99. The molecule has 0 saturated heterocycles. The van der Waals surface area contributed by atoms with Gasteiger partial charge in [0.1, 0.15) is 10.8 Å². The number of rotatable bonds is 11. The standard InChI is InChI=1S/C25H27N5O4S2/c1-4-11-30-22(17-12-16(17)15-9-7-6-8-10-15)28-29-25(30)35-13-18(31)27-23-19(24(33)34-5-2)14(3)20(36-23)21(26)32/h4,6-10,16-17H,1,5,11-13H2,2-3H3,(H2,26,32)(H,27,31). The minimum Gasteiger partial charge on any atom is -0.462 e. The highest BCUT2D eigenvalue weighted by Gasteiger charge is 2.43. The van der Waals surface area contributed by atoms with Crippen LogP contribution in [0.25, 0.3) is 0 Å². The molecular formula is C25H27N5O4S2. The highest BCUT2D eigenvalue weighted by atomic mass is 32.2. The number of thioether (sulfide) groups is 1. The van der Waals surface area contributed by atoms with Crippen molar-refractivity contribution in [2.75, 3.05) is 17.7 Å². The van der Waals surface area contributed by atoms with Gasteiger partial charge in [0.2, 0.25) is 5.91 Å². The van der Waals surface area contributed by atoms with Crippen molar-refractivity contribution in [1.29, 1.82) is 0 Å². The summed E-state index contributed by atoms with van der Waals surface area (Å²) >= 11 is 2.21. The predicted molar refractivity (Wildman–Crippen MR) is 140 cm³/mol. The number of nitrogens with zero attached hydrogens (tertiary/aromatic N) is 3. The van der Waals surface area contributed by atoms with Gasteiger partial charge in [0.05, 0.1) is 22.8 Å². The van der Waals surface area contributed by atoms with Crippen molar-refractivity contribution in [3.63, 3.8) is 0 Å². The summed E-state index contributed by atoms with van der Waals surface area (Å²) in [6.07, 6.45) is 2.78. The molecule has 0 spiro atoms. The average Bonchev–Trinajstić information content (AvgIpc) is 3.44. The van der Waals surface area contributed by atoms with Crippen molar-refractivity contribution in [3.05, 3.63) is 70.4 Å². The number of aromatic nitrogens is 3. The number of hydrogen-bond acceptors (Lipinski definition) is 8. The smallest absolute Gasteiger partial charge is 0.341 e. The van der Waals surface area contributed by atoms with Gasteiger partial charge in [-0.2, -0.15) is 0 Å². The molecule has 2 atom stereocenters. The normalized spacial score (nSPS) is 16.4. The molecule has 1 aromatic carbocycles. The number of hydrogen-bond donors (Lipinski definition) is 2. The quantitative estimate of drug-likeness (QED) is 0.219. The highest BCUT2D eigenvalue weighted by Crippen LogP contribution is 2.54. The zero-order valence-electron chi connectivity index (χ0n) is 20.0. The second kappa shape index (κ2) is 11.1. The maximum absolute atomic E-state index is 12.8. The van der Waals surface area contributed by atoms with Crippen molar-refractivity contribution < 1.29 is 19.1 Å². The number of amides is 2. The molecule has 0 aliphatic heterocycles. The van der Waals surface area contributed by atoms with Gasteiger partial charge >= 0.3 is 5.97 Å². The molecule has 2 aromatic heterocycles. The molecule has 1 aliphatic rings. The number of carbonyl (C=O) groups is 3. The van der Waals surface area contributed by atoms with Gasteiger partial charge in [-0.3, -0.25) is 9.59 Å². The summed E-state index contributed by atoms with van der Waals surface area (Å²) in [7, 11) is 0. The van der Waals surface area contributed by atoms with Gasteiger partial charge in [0.15, 0.2) is 5.16 Å². The predicted octanol–water partition coefficient (Wildman–Crippen LogP) is 4.11. The maximum Gasteiger partial charge on any atom is 0.341 e. The summed E-state index contributed by atoms with van der Waals surface area (Å²) in [4.78, 5) is 37.2. The van der Waals surface area contributed by atoms with E-state index in [1.165, 1.54) is 17.3 Å². The van der Waals surface area contributed by atoms with Crippen LogP contribution in [0.2, 0.25) is 0 Å². The molecule has 1 aliphatic carbocycles. The fourth-order valence-corrected chi connectivity index (χ4v) is 5.93. The minimum atomic E-state index is -0.670. The molecular weight excluding hydrogens is 498 g/mol. The Balaban J connectivity index is 1.46. The lowest BCUT2D eigenvalue weighted by Crippen LogP contribution is -2.17.